The molecule has 0 unspecified atom stereocenters. The van der Waals surface area contributed by atoms with E-state index in [1.807, 2.05) is 25.1 Å². The Kier molecular flexibility index (Phi) is 7.29. The number of hydrogen-bond donors (Lipinski definition) is 1. The molecule has 8 heteroatoms. The highest BCUT2D eigenvalue weighted by atomic mass is 35.5. The Morgan fingerprint density at radius 1 is 1.25 bits per heavy atom. The molecule has 2 aliphatic heterocycles. The molecule has 0 radical (unpaired) electrons. The number of morpholine rings is 1. The summed E-state index contributed by atoms with van der Waals surface area (Å²) in [6.45, 7) is 5.02. The summed E-state index contributed by atoms with van der Waals surface area (Å²) in [5.74, 6) is 0.693. The van der Waals surface area contributed by atoms with Crippen LogP contribution in [0.15, 0.2) is 42.5 Å². The van der Waals surface area contributed by atoms with E-state index in [0.717, 1.165) is 5.56 Å². The van der Waals surface area contributed by atoms with E-state index in [-0.39, 0.29) is 24.4 Å². The van der Waals surface area contributed by atoms with Gasteiger partial charge in [0.2, 0.25) is 5.91 Å². The van der Waals surface area contributed by atoms with E-state index in [9.17, 15) is 9.18 Å². The highest BCUT2D eigenvalue weighted by Crippen LogP contribution is 2.32. The van der Waals surface area contributed by atoms with E-state index >= 15 is 0 Å². The molecule has 32 heavy (non-hydrogen) atoms. The van der Waals surface area contributed by atoms with E-state index in [0.29, 0.717) is 55.0 Å². The number of amides is 1. The van der Waals surface area contributed by atoms with Crippen molar-refractivity contribution in [1.82, 2.24) is 10.2 Å². The number of benzene rings is 2. The third-order valence-corrected chi connectivity index (χ3v) is 5.84. The first kappa shape index (κ1) is 22.6. The molecule has 1 amide bonds. The first-order valence-electron chi connectivity index (χ1n) is 10.7. The van der Waals surface area contributed by atoms with E-state index in [4.69, 9.17) is 25.8 Å². The van der Waals surface area contributed by atoms with Crippen LogP contribution in [0.3, 0.4) is 0 Å². The van der Waals surface area contributed by atoms with Crippen LogP contribution in [0, 0.1) is 5.82 Å². The summed E-state index contributed by atoms with van der Waals surface area (Å²) >= 11 is 6.35. The largest absolute Gasteiger partial charge is 0.486 e. The Labute approximate surface area is 191 Å². The van der Waals surface area contributed by atoms with Gasteiger partial charge in [0.15, 0.2) is 11.5 Å². The van der Waals surface area contributed by atoms with E-state index in [1.54, 1.807) is 18.2 Å². The average molecular weight is 461 g/mol. The molecule has 1 N–H and O–H groups in total. The molecular weight excluding hydrogens is 435 g/mol. The first-order valence-corrected chi connectivity index (χ1v) is 11.0. The molecule has 1 saturated heterocycles. The molecule has 0 aliphatic carbocycles. The quantitative estimate of drug-likeness (QED) is 0.664. The lowest BCUT2D eigenvalue weighted by Crippen LogP contribution is -2.46. The number of nitrogens with one attached hydrogen (secondary N) is 1. The Morgan fingerprint density at radius 3 is 2.84 bits per heavy atom. The zero-order valence-corrected chi connectivity index (χ0v) is 18.6. The van der Waals surface area contributed by atoms with Crippen molar-refractivity contribution in [3.63, 3.8) is 0 Å². The number of ether oxygens (including phenoxy) is 3. The van der Waals surface area contributed by atoms with Crippen molar-refractivity contribution in [3.8, 4) is 11.5 Å². The fourth-order valence-corrected chi connectivity index (χ4v) is 4.25. The van der Waals surface area contributed by atoms with Crippen molar-refractivity contribution in [2.24, 2.45) is 0 Å². The van der Waals surface area contributed by atoms with Gasteiger partial charge >= 0.3 is 0 Å². The molecule has 170 valence electrons. The summed E-state index contributed by atoms with van der Waals surface area (Å²) in [6.07, 6.45) is 3.17. The summed E-state index contributed by atoms with van der Waals surface area (Å²) in [5, 5.41) is 3.23. The molecule has 1 fully saturated rings. The summed E-state index contributed by atoms with van der Waals surface area (Å²) in [6, 6.07) is 9.74. The monoisotopic (exact) mass is 460 g/mol. The molecule has 2 atom stereocenters. The molecule has 2 aromatic rings. The second kappa shape index (κ2) is 10.3. The number of fused-ring (bicyclic) bond motifs is 1. The molecule has 2 heterocycles. The fraction of sp³-hybridized carbons (Fsp3) is 0.375. The molecule has 6 nitrogen and oxygen atoms in total. The maximum atomic E-state index is 14.7. The fourth-order valence-electron chi connectivity index (χ4n) is 3.96. The van der Waals surface area contributed by atoms with Crippen molar-refractivity contribution < 1.29 is 23.4 Å². The average Bonchev–Trinajstić information content (AvgIpc) is 2.79. The minimum Gasteiger partial charge on any atom is -0.486 e. The summed E-state index contributed by atoms with van der Waals surface area (Å²) in [5.41, 5.74) is 1.21. The molecule has 2 aromatic carbocycles. The second-order valence-corrected chi connectivity index (χ2v) is 8.22. The second-order valence-electron chi connectivity index (χ2n) is 7.81. The van der Waals surface area contributed by atoms with Gasteiger partial charge in [-0.2, -0.15) is 0 Å². The number of carbonyl (C=O) groups is 1. The van der Waals surface area contributed by atoms with Crippen LogP contribution in [-0.4, -0.2) is 56.4 Å². The van der Waals surface area contributed by atoms with Gasteiger partial charge in [-0.3, -0.25) is 9.69 Å². The molecule has 4 rings (SSSR count). The van der Waals surface area contributed by atoms with Crippen LogP contribution in [0.25, 0.3) is 6.08 Å². The van der Waals surface area contributed by atoms with Gasteiger partial charge in [0, 0.05) is 36.3 Å². The lowest BCUT2D eigenvalue weighted by molar-refractivity contribution is -0.116. The SMILES string of the molecule is C[C@@H]1CN([C@H](CNC(=O)/C=C/c2ccc3c(c2)OCCO3)c2c(F)cccc2Cl)CCO1. The molecule has 0 saturated carbocycles. The predicted octanol–water partition coefficient (Wildman–Crippen LogP) is 3.84. The maximum Gasteiger partial charge on any atom is 0.244 e. The number of rotatable bonds is 6. The Hall–Kier alpha value is -2.61. The van der Waals surface area contributed by atoms with Crippen LogP contribution in [0.1, 0.15) is 24.1 Å². The topological polar surface area (TPSA) is 60.0 Å². The van der Waals surface area contributed by atoms with E-state index in [2.05, 4.69) is 10.2 Å². The molecule has 0 spiro atoms. The first-order chi connectivity index (χ1) is 15.5. The predicted molar refractivity (Wildman–Crippen MR) is 121 cm³/mol. The van der Waals surface area contributed by atoms with Crippen molar-refractivity contribution >= 4 is 23.6 Å². The van der Waals surface area contributed by atoms with Gasteiger partial charge in [-0.1, -0.05) is 23.7 Å². The number of hydrogen-bond acceptors (Lipinski definition) is 5. The Bertz CT molecular complexity index is 980. The molecule has 0 aromatic heterocycles. The minimum atomic E-state index is -0.401. The zero-order valence-electron chi connectivity index (χ0n) is 17.9. The number of carbonyl (C=O) groups excluding carboxylic acids is 1. The van der Waals surface area contributed by atoms with Gasteiger partial charge < -0.3 is 19.5 Å². The van der Waals surface area contributed by atoms with Gasteiger partial charge in [-0.05, 0) is 42.8 Å². The maximum absolute atomic E-state index is 14.7. The standard InChI is InChI=1S/C24H26ClFN2O4/c1-16-15-28(9-10-30-16)20(24-18(25)3-2-4-19(24)26)14-27-23(29)8-6-17-5-7-21-22(13-17)32-12-11-31-21/h2-8,13,16,20H,9-12,14-15H2,1H3,(H,27,29)/b8-6+/t16-,20-/m1/s1. The highest BCUT2D eigenvalue weighted by Gasteiger charge is 2.29. The third-order valence-electron chi connectivity index (χ3n) is 5.51. The molecule has 0 bridgehead atoms. The van der Waals surface area contributed by atoms with Crippen LogP contribution in [0.5, 0.6) is 11.5 Å². The lowest BCUT2D eigenvalue weighted by Gasteiger charge is -2.38. The van der Waals surface area contributed by atoms with Gasteiger partial charge in [0.05, 0.1) is 18.8 Å². The van der Waals surface area contributed by atoms with Crippen LogP contribution in [0.4, 0.5) is 4.39 Å². The van der Waals surface area contributed by atoms with Gasteiger partial charge in [-0.15, -0.1) is 0 Å². The Morgan fingerprint density at radius 2 is 2.06 bits per heavy atom. The van der Waals surface area contributed by atoms with Gasteiger partial charge in [-0.25, -0.2) is 4.39 Å². The summed E-state index contributed by atoms with van der Waals surface area (Å²) in [4.78, 5) is 14.6. The zero-order chi connectivity index (χ0) is 22.5. The van der Waals surface area contributed by atoms with Crippen molar-refractivity contribution in [2.75, 3.05) is 39.5 Å². The minimum absolute atomic E-state index is 0.0163. The van der Waals surface area contributed by atoms with Gasteiger partial charge in [0.1, 0.15) is 19.0 Å². The third kappa shape index (κ3) is 5.41. The number of nitrogens with zero attached hydrogens (tertiary/aromatic N) is 1. The normalized spacial score (nSPS) is 19.7. The van der Waals surface area contributed by atoms with Crippen LogP contribution in [-0.2, 0) is 9.53 Å². The molecular formula is C24H26ClFN2O4. The van der Waals surface area contributed by atoms with Gasteiger partial charge in [0.25, 0.3) is 0 Å². The van der Waals surface area contributed by atoms with E-state index < -0.39 is 6.04 Å². The van der Waals surface area contributed by atoms with Crippen LogP contribution in [0.2, 0.25) is 5.02 Å². The molecule has 2 aliphatic rings. The number of halogens is 2. The van der Waals surface area contributed by atoms with Crippen molar-refractivity contribution in [2.45, 2.75) is 19.1 Å². The summed E-state index contributed by atoms with van der Waals surface area (Å²) in [7, 11) is 0. The lowest BCUT2D eigenvalue weighted by atomic mass is 10.0. The van der Waals surface area contributed by atoms with Crippen LogP contribution >= 0.6 is 11.6 Å². The van der Waals surface area contributed by atoms with Crippen molar-refractivity contribution in [1.29, 1.82) is 0 Å². The highest BCUT2D eigenvalue weighted by molar-refractivity contribution is 6.31. The smallest absolute Gasteiger partial charge is 0.244 e. The Balaban J connectivity index is 1.45. The van der Waals surface area contributed by atoms with Crippen LogP contribution < -0.4 is 14.8 Å². The van der Waals surface area contributed by atoms with E-state index in [1.165, 1.54) is 12.1 Å². The summed E-state index contributed by atoms with van der Waals surface area (Å²) < 4.78 is 31.4. The van der Waals surface area contributed by atoms with Crippen molar-refractivity contribution in [3.05, 3.63) is 64.4 Å².